The number of hydrogen-bond acceptors (Lipinski definition) is 5. The molecule has 3 aromatic carbocycles. The van der Waals surface area contributed by atoms with Gasteiger partial charge in [0.15, 0.2) is 0 Å². The molecule has 0 aliphatic heterocycles. The van der Waals surface area contributed by atoms with E-state index in [0.29, 0.717) is 11.4 Å². The van der Waals surface area contributed by atoms with Crippen LogP contribution in [-0.4, -0.2) is 23.9 Å². The molecule has 7 nitrogen and oxygen atoms in total. The zero-order valence-electron chi connectivity index (χ0n) is 17.7. The zero-order chi connectivity index (χ0) is 23.5. The molecule has 0 unspecified atom stereocenters. The molecule has 170 valence electrons. The van der Waals surface area contributed by atoms with E-state index in [2.05, 4.69) is 25.4 Å². The second kappa shape index (κ2) is 9.51. The number of rotatable bonds is 8. The molecule has 0 heterocycles. The van der Waals surface area contributed by atoms with E-state index < -0.39 is 20.0 Å². The van der Waals surface area contributed by atoms with Gasteiger partial charge in [-0.3, -0.25) is 9.44 Å². The summed E-state index contributed by atoms with van der Waals surface area (Å²) in [7, 11) is -6.15. The molecule has 0 aliphatic carbocycles. The molecule has 0 bridgehead atoms. The Kier molecular flexibility index (Phi) is 7.16. The minimum Gasteiger partial charge on any atom is -0.496 e. The number of halogens is 1. The molecule has 0 amide bonds. The van der Waals surface area contributed by atoms with Crippen molar-refractivity contribution in [3.63, 3.8) is 0 Å². The first kappa shape index (κ1) is 24.1. The predicted octanol–water partition coefficient (Wildman–Crippen LogP) is 5.18. The molecule has 2 N–H and O–H groups in total. The van der Waals surface area contributed by atoms with Gasteiger partial charge in [-0.1, -0.05) is 29.8 Å². The largest absolute Gasteiger partial charge is 0.496 e. The summed E-state index contributed by atoms with van der Waals surface area (Å²) in [4.78, 5) is 0.102. The van der Waals surface area contributed by atoms with Gasteiger partial charge in [-0.15, -0.1) is 0 Å². The molecular weight excluding hydrogens is 516 g/mol. The lowest BCUT2D eigenvalue weighted by Gasteiger charge is -2.15. The van der Waals surface area contributed by atoms with Crippen molar-refractivity contribution in [2.24, 2.45) is 0 Å². The zero-order valence-corrected chi connectivity index (χ0v) is 20.9. The Morgan fingerprint density at radius 1 is 0.750 bits per heavy atom. The number of hydrogen-bond donors (Lipinski definition) is 2. The SMILES string of the molecule is COc1ccc(S(=O)(=O)Nc2ccc(S(=O)(=O)Nc3ccc(Br)cc3)cc2)cc1C(C)C. The van der Waals surface area contributed by atoms with E-state index in [1.54, 1.807) is 36.4 Å². The van der Waals surface area contributed by atoms with Crippen molar-refractivity contribution in [3.05, 3.63) is 76.8 Å². The third-order valence-electron chi connectivity index (χ3n) is 4.65. The van der Waals surface area contributed by atoms with E-state index in [9.17, 15) is 16.8 Å². The quantitative estimate of drug-likeness (QED) is 0.411. The summed E-state index contributed by atoms with van der Waals surface area (Å²) < 4.78 is 62.0. The highest BCUT2D eigenvalue weighted by atomic mass is 79.9. The highest BCUT2D eigenvalue weighted by molar-refractivity contribution is 9.10. The van der Waals surface area contributed by atoms with Gasteiger partial charge in [0, 0.05) is 15.8 Å². The van der Waals surface area contributed by atoms with Crippen LogP contribution < -0.4 is 14.2 Å². The van der Waals surface area contributed by atoms with Crippen molar-refractivity contribution < 1.29 is 21.6 Å². The van der Waals surface area contributed by atoms with Crippen molar-refractivity contribution in [2.45, 2.75) is 29.6 Å². The van der Waals surface area contributed by atoms with Crippen LogP contribution in [0.1, 0.15) is 25.3 Å². The summed E-state index contributed by atoms with van der Waals surface area (Å²) in [5.41, 5.74) is 1.43. The minimum atomic E-state index is -3.87. The van der Waals surface area contributed by atoms with Gasteiger partial charge in [-0.25, -0.2) is 16.8 Å². The maximum atomic E-state index is 12.8. The van der Waals surface area contributed by atoms with Gasteiger partial charge < -0.3 is 4.74 Å². The van der Waals surface area contributed by atoms with E-state index in [4.69, 9.17) is 4.74 Å². The summed E-state index contributed by atoms with van der Waals surface area (Å²) in [5, 5.41) is 0. The topological polar surface area (TPSA) is 102 Å². The Morgan fingerprint density at radius 3 is 1.72 bits per heavy atom. The Labute approximate surface area is 197 Å². The lowest BCUT2D eigenvalue weighted by Crippen LogP contribution is -2.15. The highest BCUT2D eigenvalue weighted by Gasteiger charge is 2.19. The monoisotopic (exact) mass is 538 g/mol. The molecule has 0 aliphatic rings. The minimum absolute atomic E-state index is 0.00917. The molecular formula is C22H23BrN2O5S2. The van der Waals surface area contributed by atoms with E-state index in [-0.39, 0.29) is 21.4 Å². The van der Waals surface area contributed by atoms with Crippen LogP contribution in [0.5, 0.6) is 5.75 Å². The molecule has 10 heteroatoms. The standard InChI is InChI=1S/C22H23BrN2O5S2/c1-15(2)21-14-20(12-13-22(21)30-3)32(28,29)25-18-8-10-19(11-9-18)31(26,27)24-17-6-4-16(23)5-7-17/h4-15,24-25H,1-3H3. The third kappa shape index (κ3) is 5.62. The van der Waals surface area contributed by atoms with E-state index >= 15 is 0 Å². The summed E-state index contributed by atoms with van der Waals surface area (Å²) in [6.07, 6.45) is 0. The first-order chi connectivity index (χ1) is 15.0. The summed E-state index contributed by atoms with van der Waals surface area (Å²) in [6.45, 7) is 3.90. The number of ether oxygens (including phenoxy) is 1. The van der Waals surface area contributed by atoms with Gasteiger partial charge in [0.1, 0.15) is 5.75 Å². The van der Waals surface area contributed by atoms with E-state index in [1.807, 2.05) is 13.8 Å². The summed E-state index contributed by atoms with van der Waals surface area (Å²) >= 11 is 3.30. The number of sulfonamides is 2. The van der Waals surface area contributed by atoms with Crippen molar-refractivity contribution in [2.75, 3.05) is 16.6 Å². The molecule has 0 saturated heterocycles. The number of anilines is 2. The van der Waals surface area contributed by atoms with Gasteiger partial charge in [-0.05, 0) is 78.2 Å². The maximum absolute atomic E-state index is 12.8. The van der Waals surface area contributed by atoms with Crippen molar-refractivity contribution in [1.29, 1.82) is 0 Å². The predicted molar refractivity (Wildman–Crippen MR) is 129 cm³/mol. The fourth-order valence-corrected chi connectivity index (χ4v) is 5.40. The molecule has 0 fully saturated rings. The third-order valence-corrected chi connectivity index (χ3v) is 7.95. The average molecular weight is 539 g/mol. The van der Waals surface area contributed by atoms with Gasteiger partial charge in [-0.2, -0.15) is 0 Å². The number of benzene rings is 3. The van der Waals surface area contributed by atoms with Gasteiger partial charge in [0.2, 0.25) is 0 Å². The van der Waals surface area contributed by atoms with E-state index in [0.717, 1.165) is 10.0 Å². The molecule has 3 rings (SSSR count). The lowest BCUT2D eigenvalue weighted by atomic mass is 10.0. The van der Waals surface area contributed by atoms with Crippen LogP contribution in [-0.2, 0) is 20.0 Å². The van der Waals surface area contributed by atoms with E-state index in [1.165, 1.54) is 37.4 Å². The first-order valence-corrected chi connectivity index (χ1v) is 13.4. The van der Waals surface area contributed by atoms with Gasteiger partial charge >= 0.3 is 0 Å². The van der Waals surface area contributed by atoms with Crippen LogP contribution in [0.4, 0.5) is 11.4 Å². The fourth-order valence-electron chi connectivity index (χ4n) is 2.98. The van der Waals surface area contributed by atoms with Crippen molar-refractivity contribution in [3.8, 4) is 5.75 Å². The Morgan fingerprint density at radius 2 is 1.22 bits per heavy atom. The molecule has 0 radical (unpaired) electrons. The molecule has 0 saturated carbocycles. The second-order valence-electron chi connectivity index (χ2n) is 7.30. The van der Waals surface area contributed by atoms with Gasteiger partial charge in [0.05, 0.1) is 16.9 Å². The lowest BCUT2D eigenvalue weighted by molar-refractivity contribution is 0.407. The van der Waals surface area contributed by atoms with Crippen molar-refractivity contribution >= 4 is 47.4 Å². The van der Waals surface area contributed by atoms with Crippen LogP contribution in [0.2, 0.25) is 0 Å². The van der Waals surface area contributed by atoms with Gasteiger partial charge in [0.25, 0.3) is 20.0 Å². The van der Waals surface area contributed by atoms with Crippen LogP contribution >= 0.6 is 15.9 Å². The van der Waals surface area contributed by atoms with Crippen LogP contribution in [0.15, 0.2) is 81.0 Å². The first-order valence-electron chi connectivity index (χ1n) is 9.61. The normalized spacial score (nSPS) is 11.9. The van der Waals surface area contributed by atoms with Crippen molar-refractivity contribution in [1.82, 2.24) is 0 Å². The maximum Gasteiger partial charge on any atom is 0.261 e. The average Bonchev–Trinajstić information content (AvgIpc) is 2.74. The highest BCUT2D eigenvalue weighted by Crippen LogP contribution is 2.30. The second-order valence-corrected chi connectivity index (χ2v) is 11.6. The van der Waals surface area contributed by atoms with Crippen LogP contribution in [0, 0.1) is 0 Å². The van der Waals surface area contributed by atoms with Crippen LogP contribution in [0.3, 0.4) is 0 Å². The Hall–Kier alpha value is -2.56. The fraction of sp³-hybridized carbons (Fsp3) is 0.182. The summed E-state index contributed by atoms with van der Waals surface area (Å²) in [5.74, 6) is 0.689. The number of methoxy groups -OCH3 is 1. The van der Waals surface area contributed by atoms with Crippen LogP contribution in [0.25, 0.3) is 0 Å². The molecule has 0 aromatic heterocycles. The Bertz CT molecular complexity index is 1310. The summed E-state index contributed by atoms with van der Waals surface area (Å²) in [6, 6.07) is 16.8. The Balaban J connectivity index is 1.80. The molecule has 0 spiro atoms. The smallest absolute Gasteiger partial charge is 0.261 e. The number of nitrogens with one attached hydrogen (secondary N) is 2. The molecule has 32 heavy (non-hydrogen) atoms. The molecule has 3 aromatic rings. The molecule has 0 atom stereocenters.